The van der Waals surface area contributed by atoms with Crippen molar-refractivity contribution in [2.24, 2.45) is 0 Å². The molecule has 0 N–H and O–H groups in total. The van der Waals surface area contributed by atoms with Crippen molar-refractivity contribution >= 4 is 21.7 Å². The summed E-state index contributed by atoms with van der Waals surface area (Å²) in [5.41, 5.74) is 1.50. The largest absolute Gasteiger partial charge is 0.341 e. The fourth-order valence-electron chi connectivity index (χ4n) is 3.59. The van der Waals surface area contributed by atoms with E-state index in [-0.39, 0.29) is 24.0 Å². The molecule has 1 fully saturated rings. The van der Waals surface area contributed by atoms with E-state index in [0.717, 1.165) is 31.1 Å². The standard InChI is InChI=1S/C18H24N2O4S/c1-25(23,24)12-9-16(18(22)19-10-5-2-6-11-19)20-13-14-7-3-4-8-15(14)17(20)21/h3-4,7-8,16H,2,5-6,9-13H2,1H3. The molecule has 7 heteroatoms. The molecule has 0 bridgehead atoms. The van der Waals surface area contributed by atoms with Gasteiger partial charge in [0.2, 0.25) is 5.91 Å². The van der Waals surface area contributed by atoms with Crippen LogP contribution >= 0.6 is 0 Å². The highest BCUT2D eigenvalue weighted by Crippen LogP contribution is 2.27. The van der Waals surface area contributed by atoms with Gasteiger partial charge in [0.05, 0.1) is 5.75 Å². The smallest absolute Gasteiger partial charge is 0.255 e. The van der Waals surface area contributed by atoms with Crippen LogP contribution in [0, 0.1) is 0 Å². The number of amides is 2. The predicted octanol–water partition coefficient (Wildman–Crippen LogP) is 1.46. The Bertz CT molecular complexity index is 769. The van der Waals surface area contributed by atoms with Crippen LogP contribution < -0.4 is 0 Å². The molecule has 2 amide bonds. The average molecular weight is 364 g/mol. The van der Waals surface area contributed by atoms with Gasteiger partial charge in [0.15, 0.2) is 0 Å². The molecule has 1 aromatic rings. The van der Waals surface area contributed by atoms with Crippen LogP contribution in [-0.2, 0) is 21.2 Å². The number of fused-ring (bicyclic) bond motifs is 1. The molecule has 0 saturated carbocycles. The minimum atomic E-state index is -3.21. The maximum Gasteiger partial charge on any atom is 0.255 e. The molecule has 1 aromatic carbocycles. The molecule has 1 atom stereocenters. The van der Waals surface area contributed by atoms with Crippen LogP contribution in [0.2, 0.25) is 0 Å². The molecule has 0 aliphatic carbocycles. The summed E-state index contributed by atoms with van der Waals surface area (Å²) in [6.07, 6.45) is 4.33. The number of carbonyl (C=O) groups excluding carboxylic acids is 2. The van der Waals surface area contributed by atoms with Gasteiger partial charge in [-0.3, -0.25) is 9.59 Å². The highest BCUT2D eigenvalue weighted by Gasteiger charge is 2.38. The number of carbonyl (C=O) groups is 2. The van der Waals surface area contributed by atoms with Crippen molar-refractivity contribution in [1.82, 2.24) is 9.80 Å². The predicted molar refractivity (Wildman–Crippen MR) is 94.9 cm³/mol. The van der Waals surface area contributed by atoms with E-state index in [1.807, 2.05) is 12.1 Å². The fraction of sp³-hybridized carbons (Fsp3) is 0.556. The van der Waals surface area contributed by atoms with Crippen LogP contribution in [0.5, 0.6) is 0 Å². The van der Waals surface area contributed by atoms with Gasteiger partial charge in [-0.15, -0.1) is 0 Å². The molecule has 3 rings (SSSR count). The Hall–Kier alpha value is -1.89. The van der Waals surface area contributed by atoms with Crippen LogP contribution in [0.4, 0.5) is 0 Å². The second kappa shape index (κ2) is 7.15. The topological polar surface area (TPSA) is 74.8 Å². The average Bonchev–Trinajstić information content (AvgIpc) is 2.92. The lowest BCUT2D eigenvalue weighted by molar-refractivity contribution is -0.137. The molecular weight excluding hydrogens is 340 g/mol. The molecule has 0 aromatic heterocycles. The summed E-state index contributed by atoms with van der Waals surface area (Å²) in [5, 5.41) is 0. The van der Waals surface area contributed by atoms with Crippen LogP contribution in [0.15, 0.2) is 24.3 Å². The Kier molecular flexibility index (Phi) is 5.13. The highest BCUT2D eigenvalue weighted by molar-refractivity contribution is 7.90. The first-order chi connectivity index (χ1) is 11.9. The van der Waals surface area contributed by atoms with Gasteiger partial charge in [-0.1, -0.05) is 18.2 Å². The van der Waals surface area contributed by atoms with Gasteiger partial charge in [0, 0.05) is 31.5 Å². The molecule has 136 valence electrons. The molecule has 0 spiro atoms. The molecule has 2 aliphatic rings. The first-order valence-corrected chi connectivity index (χ1v) is 10.8. The summed E-state index contributed by atoms with van der Waals surface area (Å²) < 4.78 is 23.2. The quantitative estimate of drug-likeness (QED) is 0.793. The number of benzene rings is 1. The van der Waals surface area contributed by atoms with E-state index in [2.05, 4.69) is 0 Å². The third-order valence-electron chi connectivity index (χ3n) is 4.94. The summed E-state index contributed by atoms with van der Waals surface area (Å²) in [4.78, 5) is 29.1. The second-order valence-electron chi connectivity index (χ2n) is 6.91. The zero-order chi connectivity index (χ0) is 18.0. The Morgan fingerprint density at radius 1 is 1.16 bits per heavy atom. The van der Waals surface area contributed by atoms with Crippen molar-refractivity contribution in [3.8, 4) is 0 Å². The molecule has 2 aliphatic heterocycles. The van der Waals surface area contributed by atoms with Gasteiger partial charge in [-0.25, -0.2) is 8.42 Å². The van der Waals surface area contributed by atoms with Crippen molar-refractivity contribution in [1.29, 1.82) is 0 Å². The Balaban J connectivity index is 1.83. The minimum Gasteiger partial charge on any atom is -0.341 e. The summed E-state index contributed by atoms with van der Waals surface area (Å²) >= 11 is 0. The zero-order valence-electron chi connectivity index (χ0n) is 14.5. The Morgan fingerprint density at radius 2 is 1.84 bits per heavy atom. The second-order valence-corrected chi connectivity index (χ2v) is 9.17. The zero-order valence-corrected chi connectivity index (χ0v) is 15.3. The SMILES string of the molecule is CS(=O)(=O)CCC(C(=O)N1CCCCC1)N1Cc2ccccc2C1=O. The van der Waals surface area contributed by atoms with Gasteiger partial charge in [0.1, 0.15) is 15.9 Å². The molecule has 25 heavy (non-hydrogen) atoms. The van der Waals surface area contributed by atoms with Gasteiger partial charge in [0.25, 0.3) is 5.91 Å². The van der Waals surface area contributed by atoms with Crippen molar-refractivity contribution in [2.45, 2.75) is 38.3 Å². The lowest BCUT2D eigenvalue weighted by Gasteiger charge is -2.34. The third-order valence-corrected chi connectivity index (χ3v) is 5.92. The summed E-state index contributed by atoms with van der Waals surface area (Å²) in [5.74, 6) is -0.402. The van der Waals surface area contributed by atoms with Gasteiger partial charge in [-0.2, -0.15) is 0 Å². The molecule has 1 saturated heterocycles. The molecule has 6 nitrogen and oxygen atoms in total. The minimum absolute atomic E-state index is 0.0998. The molecule has 0 radical (unpaired) electrons. The van der Waals surface area contributed by atoms with E-state index in [0.29, 0.717) is 25.2 Å². The number of hydrogen-bond donors (Lipinski definition) is 0. The van der Waals surface area contributed by atoms with Crippen LogP contribution in [0.1, 0.15) is 41.6 Å². The number of hydrogen-bond acceptors (Lipinski definition) is 4. The molecular formula is C18H24N2O4S. The maximum absolute atomic E-state index is 13.0. The van der Waals surface area contributed by atoms with Crippen LogP contribution in [-0.4, -0.2) is 61.2 Å². The number of rotatable bonds is 5. The normalized spacial score (nSPS) is 19.0. The monoisotopic (exact) mass is 364 g/mol. The Labute approximate surface area is 148 Å². The van der Waals surface area contributed by atoms with Crippen molar-refractivity contribution in [2.75, 3.05) is 25.1 Å². The van der Waals surface area contributed by atoms with Gasteiger partial charge in [-0.05, 0) is 37.3 Å². The van der Waals surface area contributed by atoms with Crippen molar-refractivity contribution in [3.05, 3.63) is 35.4 Å². The molecule has 2 heterocycles. The fourth-order valence-corrected chi connectivity index (χ4v) is 4.24. The van der Waals surface area contributed by atoms with Crippen LogP contribution in [0.25, 0.3) is 0 Å². The van der Waals surface area contributed by atoms with E-state index in [1.165, 1.54) is 0 Å². The lowest BCUT2D eigenvalue weighted by Crippen LogP contribution is -2.50. The van der Waals surface area contributed by atoms with E-state index >= 15 is 0 Å². The van der Waals surface area contributed by atoms with E-state index in [9.17, 15) is 18.0 Å². The van der Waals surface area contributed by atoms with E-state index < -0.39 is 15.9 Å². The van der Waals surface area contributed by atoms with Gasteiger partial charge < -0.3 is 9.80 Å². The lowest BCUT2D eigenvalue weighted by atomic mass is 10.1. The van der Waals surface area contributed by atoms with Crippen molar-refractivity contribution in [3.63, 3.8) is 0 Å². The third kappa shape index (κ3) is 4.03. The Morgan fingerprint density at radius 3 is 2.48 bits per heavy atom. The molecule has 1 unspecified atom stereocenters. The summed E-state index contributed by atoms with van der Waals surface area (Å²) in [7, 11) is -3.21. The number of piperidine rings is 1. The van der Waals surface area contributed by atoms with E-state index in [1.54, 1.807) is 21.9 Å². The number of nitrogens with zero attached hydrogens (tertiary/aromatic N) is 2. The highest BCUT2D eigenvalue weighted by atomic mass is 32.2. The van der Waals surface area contributed by atoms with E-state index in [4.69, 9.17) is 0 Å². The first kappa shape index (κ1) is 17.9. The summed E-state index contributed by atoms with van der Waals surface area (Å²) in [6, 6.07) is 6.60. The number of sulfone groups is 1. The van der Waals surface area contributed by atoms with Crippen LogP contribution in [0.3, 0.4) is 0 Å². The van der Waals surface area contributed by atoms with Crippen molar-refractivity contribution < 1.29 is 18.0 Å². The van der Waals surface area contributed by atoms with Gasteiger partial charge >= 0.3 is 0 Å². The summed E-state index contributed by atoms with van der Waals surface area (Å²) in [6.45, 7) is 1.73. The maximum atomic E-state index is 13.0. The number of likely N-dealkylation sites (tertiary alicyclic amines) is 1. The first-order valence-electron chi connectivity index (χ1n) is 8.72.